The first kappa shape index (κ1) is 12.9. The van der Waals surface area contributed by atoms with Crippen LogP contribution in [0.3, 0.4) is 0 Å². The van der Waals surface area contributed by atoms with Gasteiger partial charge in [-0.25, -0.2) is 0 Å². The van der Waals surface area contributed by atoms with Gasteiger partial charge in [0.1, 0.15) is 5.75 Å². The minimum absolute atomic E-state index is 0.0325. The van der Waals surface area contributed by atoms with Gasteiger partial charge in [-0.1, -0.05) is 6.07 Å². The van der Waals surface area contributed by atoms with E-state index >= 15 is 0 Å². The number of nitrogens with one attached hydrogen (secondary N) is 2. The molecule has 1 aliphatic heterocycles. The van der Waals surface area contributed by atoms with Crippen LogP contribution >= 0.6 is 0 Å². The molecular weight excluding hydrogens is 228 g/mol. The monoisotopic (exact) mass is 248 g/mol. The first-order valence-electron chi connectivity index (χ1n) is 6.45. The third-order valence-electron chi connectivity index (χ3n) is 3.43. The van der Waals surface area contributed by atoms with Crippen molar-refractivity contribution in [2.24, 2.45) is 5.92 Å². The van der Waals surface area contributed by atoms with E-state index in [1.54, 1.807) is 12.1 Å². The molecule has 0 unspecified atom stereocenters. The molecule has 1 saturated heterocycles. The molecule has 4 nitrogen and oxygen atoms in total. The zero-order valence-electron chi connectivity index (χ0n) is 10.7. The van der Waals surface area contributed by atoms with Crippen LogP contribution < -0.4 is 10.6 Å². The lowest BCUT2D eigenvalue weighted by Crippen LogP contribution is -2.30. The molecule has 1 heterocycles. The van der Waals surface area contributed by atoms with Crippen molar-refractivity contribution in [3.63, 3.8) is 0 Å². The molecule has 0 spiro atoms. The Bertz CT molecular complexity index is 426. The second kappa shape index (κ2) is 5.87. The van der Waals surface area contributed by atoms with E-state index in [1.165, 1.54) is 0 Å². The van der Waals surface area contributed by atoms with Crippen molar-refractivity contribution in [1.29, 1.82) is 0 Å². The fraction of sp³-hybridized carbons (Fsp3) is 0.500. The van der Waals surface area contributed by atoms with Crippen LogP contribution in [0.5, 0.6) is 5.75 Å². The van der Waals surface area contributed by atoms with E-state index < -0.39 is 0 Å². The van der Waals surface area contributed by atoms with Crippen molar-refractivity contribution in [2.45, 2.75) is 26.2 Å². The highest BCUT2D eigenvalue weighted by molar-refractivity contribution is 5.91. The van der Waals surface area contributed by atoms with Crippen molar-refractivity contribution in [2.75, 3.05) is 18.4 Å². The summed E-state index contributed by atoms with van der Waals surface area (Å²) >= 11 is 0. The topological polar surface area (TPSA) is 61.4 Å². The number of aromatic hydroxyl groups is 1. The van der Waals surface area contributed by atoms with E-state index in [2.05, 4.69) is 10.6 Å². The summed E-state index contributed by atoms with van der Waals surface area (Å²) in [6.45, 7) is 3.84. The molecule has 1 aromatic rings. The Morgan fingerprint density at radius 3 is 2.83 bits per heavy atom. The van der Waals surface area contributed by atoms with Gasteiger partial charge >= 0.3 is 0 Å². The Morgan fingerprint density at radius 2 is 2.17 bits per heavy atom. The number of anilines is 1. The van der Waals surface area contributed by atoms with Gasteiger partial charge in [0.25, 0.3) is 0 Å². The number of hydrogen-bond donors (Lipinski definition) is 3. The minimum atomic E-state index is 0.0325. The first-order chi connectivity index (χ1) is 8.65. The maximum atomic E-state index is 11.9. The molecule has 18 heavy (non-hydrogen) atoms. The molecule has 0 radical (unpaired) electrons. The van der Waals surface area contributed by atoms with Gasteiger partial charge in [0.15, 0.2) is 0 Å². The van der Waals surface area contributed by atoms with Crippen molar-refractivity contribution in [3.05, 3.63) is 23.8 Å². The van der Waals surface area contributed by atoms with E-state index in [1.807, 2.05) is 13.0 Å². The quantitative estimate of drug-likeness (QED) is 0.767. The van der Waals surface area contributed by atoms with Crippen molar-refractivity contribution in [3.8, 4) is 5.75 Å². The summed E-state index contributed by atoms with van der Waals surface area (Å²) in [6.07, 6.45) is 2.69. The third kappa shape index (κ3) is 3.47. The summed E-state index contributed by atoms with van der Waals surface area (Å²) in [5.41, 5.74) is 1.48. The number of rotatable bonds is 3. The number of hydrogen-bond acceptors (Lipinski definition) is 3. The highest BCUT2D eigenvalue weighted by Gasteiger charge is 2.16. The molecule has 2 rings (SSSR count). The Balaban J connectivity index is 1.88. The lowest BCUT2D eigenvalue weighted by atomic mass is 9.94. The maximum absolute atomic E-state index is 11.9. The standard InChI is InChI=1S/C14H20N2O2/c1-10-2-3-12(9-13(10)17)16-14(18)8-11-4-6-15-7-5-11/h2-3,9,11,15,17H,4-8H2,1H3,(H,16,18). The van der Waals surface area contributed by atoms with Crippen LogP contribution in [0.15, 0.2) is 18.2 Å². The summed E-state index contributed by atoms with van der Waals surface area (Å²) < 4.78 is 0. The molecular formula is C14H20N2O2. The van der Waals surface area contributed by atoms with E-state index in [9.17, 15) is 9.90 Å². The fourth-order valence-electron chi connectivity index (χ4n) is 2.25. The lowest BCUT2D eigenvalue weighted by Gasteiger charge is -2.21. The summed E-state index contributed by atoms with van der Waals surface area (Å²) in [5, 5.41) is 15.7. The molecule has 3 N–H and O–H groups in total. The summed E-state index contributed by atoms with van der Waals surface area (Å²) in [4.78, 5) is 11.9. The molecule has 4 heteroatoms. The second-order valence-corrected chi connectivity index (χ2v) is 4.95. The van der Waals surface area contributed by atoms with Gasteiger partial charge in [0.2, 0.25) is 5.91 Å². The van der Waals surface area contributed by atoms with Gasteiger partial charge in [-0.05, 0) is 50.4 Å². The van der Waals surface area contributed by atoms with Gasteiger partial charge in [-0.2, -0.15) is 0 Å². The van der Waals surface area contributed by atoms with Gasteiger partial charge in [0.05, 0.1) is 0 Å². The molecule has 0 saturated carbocycles. The number of piperidine rings is 1. The number of carbonyl (C=O) groups excluding carboxylic acids is 1. The molecule has 0 aliphatic carbocycles. The number of phenolic OH excluding ortho intramolecular Hbond substituents is 1. The van der Waals surface area contributed by atoms with Crippen LogP contribution in [0.1, 0.15) is 24.8 Å². The molecule has 0 aromatic heterocycles. The third-order valence-corrected chi connectivity index (χ3v) is 3.43. The number of amides is 1. The number of phenols is 1. The van der Waals surface area contributed by atoms with Crippen LogP contribution in [0.2, 0.25) is 0 Å². The number of benzene rings is 1. The predicted molar refractivity (Wildman–Crippen MR) is 71.7 cm³/mol. The largest absolute Gasteiger partial charge is 0.508 e. The van der Waals surface area contributed by atoms with Crippen LogP contribution in [0.4, 0.5) is 5.69 Å². The van der Waals surface area contributed by atoms with Crippen LogP contribution in [0.25, 0.3) is 0 Å². The Morgan fingerprint density at radius 1 is 1.44 bits per heavy atom. The Hall–Kier alpha value is -1.55. The van der Waals surface area contributed by atoms with Crippen LogP contribution in [-0.2, 0) is 4.79 Å². The van der Waals surface area contributed by atoms with E-state index in [4.69, 9.17) is 0 Å². The van der Waals surface area contributed by atoms with E-state index in [0.29, 0.717) is 18.0 Å². The van der Waals surface area contributed by atoms with E-state index in [-0.39, 0.29) is 11.7 Å². The lowest BCUT2D eigenvalue weighted by molar-refractivity contribution is -0.117. The SMILES string of the molecule is Cc1ccc(NC(=O)CC2CCNCC2)cc1O. The second-order valence-electron chi connectivity index (χ2n) is 4.95. The van der Waals surface area contributed by atoms with Crippen LogP contribution in [-0.4, -0.2) is 24.1 Å². The molecule has 1 amide bonds. The molecule has 1 aliphatic rings. The molecule has 98 valence electrons. The van der Waals surface area contributed by atoms with Gasteiger partial charge in [0, 0.05) is 18.2 Å². The highest BCUT2D eigenvalue weighted by atomic mass is 16.3. The van der Waals surface area contributed by atoms with Crippen molar-refractivity contribution >= 4 is 11.6 Å². The van der Waals surface area contributed by atoms with E-state index in [0.717, 1.165) is 31.5 Å². The molecule has 0 atom stereocenters. The Kier molecular flexibility index (Phi) is 4.20. The van der Waals surface area contributed by atoms with Gasteiger partial charge in [-0.3, -0.25) is 4.79 Å². The van der Waals surface area contributed by atoms with Crippen LogP contribution in [0, 0.1) is 12.8 Å². The summed E-state index contributed by atoms with van der Waals surface area (Å²) in [7, 11) is 0. The molecule has 1 aromatic carbocycles. The summed E-state index contributed by atoms with van der Waals surface area (Å²) in [5.74, 6) is 0.727. The summed E-state index contributed by atoms with van der Waals surface area (Å²) in [6, 6.07) is 5.21. The fourth-order valence-corrected chi connectivity index (χ4v) is 2.25. The smallest absolute Gasteiger partial charge is 0.224 e. The van der Waals surface area contributed by atoms with Crippen molar-refractivity contribution < 1.29 is 9.90 Å². The molecule has 1 fully saturated rings. The number of carbonyl (C=O) groups is 1. The zero-order valence-corrected chi connectivity index (χ0v) is 10.7. The normalized spacial score (nSPS) is 16.5. The number of aryl methyl sites for hydroxylation is 1. The van der Waals surface area contributed by atoms with Crippen molar-refractivity contribution in [1.82, 2.24) is 5.32 Å². The predicted octanol–water partition coefficient (Wildman–Crippen LogP) is 2.03. The first-order valence-corrected chi connectivity index (χ1v) is 6.45. The van der Waals surface area contributed by atoms with Gasteiger partial charge in [-0.15, -0.1) is 0 Å². The van der Waals surface area contributed by atoms with Gasteiger partial charge < -0.3 is 15.7 Å². The minimum Gasteiger partial charge on any atom is -0.508 e. The maximum Gasteiger partial charge on any atom is 0.224 e. The highest BCUT2D eigenvalue weighted by Crippen LogP contribution is 2.22. The Labute approximate surface area is 107 Å². The average molecular weight is 248 g/mol. The molecule has 0 bridgehead atoms. The zero-order chi connectivity index (χ0) is 13.0. The average Bonchev–Trinajstić information content (AvgIpc) is 2.35.